The van der Waals surface area contributed by atoms with Gasteiger partial charge in [-0.2, -0.15) is 5.26 Å². The van der Waals surface area contributed by atoms with Gasteiger partial charge in [0.25, 0.3) is 0 Å². The molecule has 6 nitrogen and oxygen atoms in total. The summed E-state index contributed by atoms with van der Waals surface area (Å²) in [6.45, 7) is 14.0. The maximum Gasteiger partial charge on any atom is 0.136 e. The van der Waals surface area contributed by atoms with Gasteiger partial charge in [-0.25, -0.2) is 4.98 Å². The molecule has 2 atom stereocenters. The van der Waals surface area contributed by atoms with Crippen LogP contribution in [-0.2, 0) is 22.8 Å². The van der Waals surface area contributed by atoms with E-state index in [1.807, 2.05) is 37.5 Å². The van der Waals surface area contributed by atoms with Crippen molar-refractivity contribution in [1.29, 1.82) is 5.26 Å². The van der Waals surface area contributed by atoms with E-state index >= 15 is 0 Å². The molecule has 164 valence electrons. The van der Waals surface area contributed by atoms with Crippen LogP contribution in [0, 0.1) is 16.7 Å². The van der Waals surface area contributed by atoms with Crippen LogP contribution < -0.4 is 4.72 Å². The number of nitrogens with zero attached hydrogens (tertiary/aromatic N) is 3. The largest absolute Gasteiger partial charge is 0.598 e. The minimum atomic E-state index is -1.26. The minimum absolute atomic E-state index is 0.275. The summed E-state index contributed by atoms with van der Waals surface area (Å²) in [6.07, 6.45) is 3.44. The summed E-state index contributed by atoms with van der Waals surface area (Å²) in [6, 6.07) is 9.38. The lowest BCUT2D eigenvalue weighted by atomic mass is 9.92. The van der Waals surface area contributed by atoms with Crippen molar-refractivity contribution >= 4 is 30.5 Å². The van der Waals surface area contributed by atoms with Gasteiger partial charge in [0.15, 0.2) is 0 Å². The van der Waals surface area contributed by atoms with Crippen molar-refractivity contribution < 1.29 is 9.29 Å². The summed E-state index contributed by atoms with van der Waals surface area (Å²) in [4.78, 5) is 4.49. The summed E-state index contributed by atoms with van der Waals surface area (Å²) in [7, 11) is -1.12. The zero-order valence-electron chi connectivity index (χ0n) is 19.0. The second-order valence-electron chi connectivity index (χ2n) is 10.5. The van der Waals surface area contributed by atoms with Crippen LogP contribution in [0.3, 0.4) is 0 Å². The monoisotopic (exact) mass is 446 g/mol. The second kappa shape index (κ2) is 8.64. The van der Waals surface area contributed by atoms with E-state index in [9.17, 15) is 9.81 Å². The summed E-state index contributed by atoms with van der Waals surface area (Å²) >= 11 is -1.26. The molecular formula is C22H34N4O2SSi. The van der Waals surface area contributed by atoms with E-state index in [4.69, 9.17) is 4.74 Å². The lowest BCUT2D eigenvalue weighted by Crippen LogP contribution is -2.43. The van der Waals surface area contributed by atoms with Gasteiger partial charge in [0.2, 0.25) is 0 Å². The van der Waals surface area contributed by atoms with Gasteiger partial charge in [0.05, 0.1) is 34.9 Å². The first-order valence-electron chi connectivity index (χ1n) is 10.6. The molecule has 1 fully saturated rings. The Labute approximate surface area is 184 Å². The van der Waals surface area contributed by atoms with Crippen LogP contribution in [0.25, 0.3) is 11.0 Å². The zero-order valence-corrected chi connectivity index (χ0v) is 20.8. The van der Waals surface area contributed by atoms with Gasteiger partial charge < -0.3 is 13.9 Å². The first kappa shape index (κ1) is 23.3. The molecule has 1 aliphatic rings. The fourth-order valence-electron chi connectivity index (χ4n) is 3.28. The van der Waals surface area contributed by atoms with Crippen molar-refractivity contribution in [2.45, 2.75) is 76.8 Å². The van der Waals surface area contributed by atoms with Crippen LogP contribution in [0.4, 0.5) is 0 Å². The number of rotatable bonds is 9. The molecule has 1 aromatic heterocycles. The quantitative estimate of drug-likeness (QED) is 0.341. The van der Waals surface area contributed by atoms with Gasteiger partial charge in [-0.3, -0.25) is 0 Å². The Bertz CT molecular complexity index is 922. The van der Waals surface area contributed by atoms with Crippen molar-refractivity contribution in [3.63, 3.8) is 0 Å². The lowest BCUT2D eigenvalue weighted by molar-refractivity contribution is 0.0898. The van der Waals surface area contributed by atoms with E-state index in [0.29, 0.717) is 6.73 Å². The second-order valence-corrected chi connectivity index (χ2v) is 18.1. The van der Waals surface area contributed by atoms with Crippen molar-refractivity contribution in [2.75, 3.05) is 6.61 Å². The van der Waals surface area contributed by atoms with Crippen molar-refractivity contribution in [1.82, 2.24) is 14.3 Å². The summed E-state index contributed by atoms with van der Waals surface area (Å²) in [5.41, 5.74) is 2.35. The maximum atomic E-state index is 12.8. The van der Waals surface area contributed by atoms with Crippen LogP contribution in [-0.4, -0.2) is 33.5 Å². The Kier molecular flexibility index (Phi) is 6.70. The topological polar surface area (TPSA) is 85.9 Å². The Balaban J connectivity index is 1.83. The highest BCUT2D eigenvalue weighted by molar-refractivity contribution is 7.90. The Morgan fingerprint density at radius 2 is 2.07 bits per heavy atom. The molecule has 1 aliphatic carbocycles. The van der Waals surface area contributed by atoms with Gasteiger partial charge >= 0.3 is 0 Å². The van der Waals surface area contributed by atoms with Crippen LogP contribution >= 0.6 is 0 Å². The number of nitriles is 1. The molecule has 1 aromatic carbocycles. The average Bonchev–Trinajstić information content (AvgIpc) is 3.35. The van der Waals surface area contributed by atoms with Gasteiger partial charge in [-0.1, -0.05) is 25.7 Å². The Hall–Kier alpha value is -1.37. The fourth-order valence-corrected chi connectivity index (χ4v) is 4.97. The third-order valence-corrected chi connectivity index (χ3v) is 8.82. The molecule has 2 unspecified atom stereocenters. The highest BCUT2D eigenvalue weighted by Crippen LogP contribution is 2.55. The summed E-state index contributed by atoms with van der Waals surface area (Å²) in [5, 5.41) is 9.82. The number of ether oxygens (including phenoxy) is 1. The molecule has 2 aromatic rings. The molecule has 3 rings (SSSR count). The van der Waals surface area contributed by atoms with Crippen LogP contribution in [0.1, 0.15) is 45.2 Å². The maximum absolute atomic E-state index is 12.8. The van der Waals surface area contributed by atoms with Crippen LogP contribution in [0.2, 0.25) is 25.7 Å². The summed E-state index contributed by atoms with van der Waals surface area (Å²) < 4.78 is 23.6. The number of nitrogens with one attached hydrogen (secondary N) is 1. The number of benzene rings is 1. The van der Waals surface area contributed by atoms with Gasteiger partial charge in [-0.15, -0.1) is 4.72 Å². The van der Waals surface area contributed by atoms with Crippen molar-refractivity contribution in [3.8, 4) is 6.07 Å². The lowest BCUT2D eigenvalue weighted by Gasteiger charge is -2.30. The van der Waals surface area contributed by atoms with E-state index in [2.05, 4.69) is 41.5 Å². The van der Waals surface area contributed by atoms with E-state index in [-0.39, 0.29) is 6.04 Å². The predicted molar refractivity (Wildman–Crippen MR) is 125 cm³/mol. The van der Waals surface area contributed by atoms with E-state index in [1.165, 1.54) is 0 Å². The standard InChI is InChI=1S/C22H34N4O2SSi/c1-21(2,3)29(27)25-20(22(14-23)9-10-22)17-7-8-18-19(13-17)26(15-24-18)16-28-11-12-30(4,5)6/h7-8,13,15,20,25H,9-12,16H2,1-6H3. The molecule has 1 saturated carbocycles. The first-order valence-corrected chi connectivity index (χ1v) is 15.4. The van der Waals surface area contributed by atoms with Crippen molar-refractivity contribution in [2.24, 2.45) is 5.41 Å². The van der Waals surface area contributed by atoms with Crippen LogP contribution in [0.5, 0.6) is 0 Å². The smallest absolute Gasteiger partial charge is 0.136 e. The highest BCUT2D eigenvalue weighted by atomic mass is 32.2. The average molecular weight is 447 g/mol. The molecule has 0 bridgehead atoms. The molecule has 0 amide bonds. The molecule has 30 heavy (non-hydrogen) atoms. The molecule has 1 N–H and O–H groups in total. The van der Waals surface area contributed by atoms with Crippen molar-refractivity contribution in [3.05, 3.63) is 30.1 Å². The Morgan fingerprint density at radius 3 is 2.63 bits per heavy atom. The summed E-state index contributed by atoms with van der Waals surface area (Å²) in [5.74, 6) is 0. The predicted octanol–water partition coefficient (Wildman–Crippen LogP) is 4.75. The van der Waals surface area contributed by atoms with E-state index in [1.54, 1.807) is 6.33 Å². The number of imidazole rings is 1. The normalized spacial score (nSPS) is 18.2. The number of fused-ring (bicyclic) bond motifs is 1. The van der Waals surface area contributed by atoms with E-state index in [0.717, 1.165) is 42.1 Å². The molecule has 0 radical (unpaired) electrons. The minimum Gasteiger partial charge on any atom is -0.598 e. The molecule has 0 aliphatic heterocycles. The Morgan fingerprint density at radius 1 is 1.37 bits per heavy atom. The van der Waals surface area contributed by atoms with Gasteiger partial charge in [0, 0.05) is 26.0 Å². The molecule has 1 heterocycles. The molecule has 8 heteroatoms. The molecule has 0 saturated heterocycles. The fraction of sp³-hybridized carbons (Fsp3) is 0.636. The zero-order chi connectivity index (χ0) is 22.2. The third-order valence-electron chi connectivity index (χ3n) is 5.55. The van der Waals surface area contributed by atoms with Crippen LogP contribution in [0.15, 0.2) is 24.5 Å². The first-order chi connectivity index (χ1) is 14.0. The van der Waals surface area contributed by atoms with Gasteiger partial charge in [-0.05, 0) is 57.4 Å². The third kappa shape index (κ3) is 5.45. The van der Waals surface area contributed by atoms with Gasteiger partial charge in [0.1, 0.15) is 11.5 Å². The SMILES string of the molecule is CC(C)(C)[S+]([O-])NC(c1ccc2ncn(COCC[Si](C)(C)C)c2c1)C1(C#N)CC1. The molecular weight excluding hydrogens is 412 g/mol. The highest BCUT2D eigenvalue weighted by Gasteiger charge is 2.53. The number of hydrogen-bond acceptors (Lipinski definition) is 5. The number of aromatic nitrogens is 2. The number of hydrogen-bond donors (Lipinski definition) is 1. The van der Waals surface area contributed by atoms with E-state index < -0.39 is 29.6 Å². The molecule has 0 spiro atoms.